The Hall–Kier alpha value is -3.13. The van der Waals surface area contributed by atoms with Gasteiger partial charge in [-0.1, -0.05) is 23.7 Å². The first-order chi connectivity index (χ1) is 12.4. The number of benzene rings is 2. The Morgan fingerprint density at radius 1 is 1.19 bits per heavy atom. The lowest BCUT2D eigenvalue weighted by Gasteiger charge is -2.07. The van der Waals surface area contributed by atoms with Gasteiger partial charge in [0.25, 0.3) is 11.6 Å². The van der Waals surface area contributed by atoms with Crippen LogP contribution in [0.4, 0.5) is 11.4 Å². The number of nitrogens with one attached hydrogen (secondary N) is 1. The van der Waals surface area contributed by atoms with Gasteiger partial charge in [0.2, 0.25) is 0 Å². The van der Waals surface area contributed by atoms with E-state index in [0.29, 0.717) is 18.0 Å². The Labute approximate surface area is 154 Å². The molecule has 3 N–H and O–H groups in total. The average Bonchev–Trinajstić information content (AvgIpc) is 2.61. The number of esters is 1. The summed E-state index contributed by atoms with van der Waals surface area (Å²) in [4.78, 5) is 33.7. The van der Waals surface area contributed by atoms with Gasteiger partial charge in [-0.3, -0.25) is 14.9 Å². The number of carbonyl (C=O) groups is 2. The van der Waals surface area contributed by atoms with Crippen molar-refractivity contribution in [1.29, 1.82) is 0 Å². The number of nitrogen functional groups attached to an aromatic ring is 1. The number of nitrogens with zero attached hydrogens (tertiary/aromatic N) is 1. The van der Waals surface area contributed by atoms with E-state index in [-0.39, 0.29) is 11.3 Å². The number of nitro groups is 1. The van der Waals surface area contributed by atoms with Crippen molar-refractivity contribution in [3.8, 4) is 0 Å². The highest BCUT2D eigenvalue weighted by molar-refractivity contribution is 6.30. The zero-order valence-corrected chi connectivity index (χ0v) is 14.4. The van der Waals surface area contributed by atoms with Crippen molar-refractivity contribution < 1.29 is 19.2 Å². The number of nitrogens with two attached hydrogens (primary N) is 1. The largest absolute Gasteiger partial charge is 0.452 e. The molecule has 9 heteroatoms. The molecule has 0 saturated carbocycles. The highest BCUT2D eigenvalue weighted by Crippen LogP contribution is 2.22. The molecule has 0 bridgehead atoms. The lowest BCUT2D eigenvalue weighted by molar-refractivity contribution is -0.383. The second-order valence-corrected chi connectivity index (χ2v) is 5.77. The van der Waals surface area contributed by atoms with Crippen LogP contribution in [0.25, 0.3) is 0 Å². The van der Waals surface area contributed by atoms with Crippen LogP contribution in [0.1, 0.15) is 15.9 Å². The van der Waals surface area contributed by atoms with Crippen molar-refractivity contribution in [1.82, 2.24) is 5.32 Å². The summed E-state index contributed by atoms with van der Waals surface area (Å²) < 4.78 is 4.85. The fourth-order valence-corrected chi connectivity index (χ4v) is 2.22. The zero-order chi connectivity index (χ0) is 19.1. The number of rotatable bonds is 7. The van der Waals surface area contributed by atoms with E-state index in [4.69, 9.17) is 22.1 Å². The van der Waals surface area contributed by atoms with Crippen LogP contribution < -0.4 is 11.1 Å². The fourth-order valence-electron chi connectivity index (χ4n) is 2.09. The van der Waals surface area contributed by atoms with E-state index in [2.05, 4.69) is 5.32 Å². The molecule has 0 heterocycles. The van der Waals surface area contributed by atoms with E-state index < -0.39 is 29.1 Å². The quantitative estimate of drug-likeness (QED) is 0.330. The molecule has 2 aromatic rings. The minimum Gasteiger partial charge on any atom is -0.452 e. The van der Waals surface area contributed by atoms with E-state index in [1.54, 1.807) is 12.1 Å². The molecule has 0 aliphatic carbocycles. The predicted octanol–water partition coefficient (Wildman–Crippen LogP) is 2.35. The molecular formula is C17H16ClN3O5. The van der Waals surface area contributed by atoms with Crippen molar-refractivity contribution in [2.45, 2.75) is 6.42 Å². The van der Waals surface area contributed by atoms with Gasteiger partial charge < -0.3 is 15.8 Å². The van der Waals surface area contributed by atoms with Crippen LogP contribution in [0.5, 0.6) is 0 Å². The molecule has 0 aromatic heterocycles. The molecule has 136 valence electrons. The van der Waals surface area contributed by atoms with Crippen LogP contribution in [0.3, 0.4) is 0 Å². The Bertz CT molecular complexity index is 824. The average molecular weight is 378 g/mol. The number of halogens is 1. The summed E-state index contributed by atoms with van der Waals surface area (Å²) in [6.07, 6.45) is 0.598. The minimum absolute atomic E-state index is 0.0557. The van der Waals surface area contributed by atoms with Gasteiger partial charge in [-0.2, -0.15) is 0 Å². The second kappa shape index (κ2) is 8.82. The maximum atomic E-state index is 11.9. The van der Waals surface area contributed by atoms with Crippen LogP contribution in [0.15, 0.2) is 42.5 Å². The van der Waals surface area contributed by atoms with Crippen LogP contribution >= 0.6 is 11.6 Å². The normalized spacial score (nSPS) is 10.2. The van der Waals surface area contributed by atoms with Crippen LogP contribution in [0, 0.1) is 10.1 Å². The summed E-state index contributed by atoms with van der Waals surface area (Å²) in [6, 6.07) is 10.8. The summed E-state index contributed by atoms with van der Waals surface area (Å²) >= 11 is 5.79. The Morgan fingerprint density at radius 3 is 2.54 bits per heavy atom. The van der Waals surface area contributed by atoms with Crippen LogP contribution in [0.2, 0.25) is 5.02 Å². The van der Waals surface area contributed by atoms with Crippen LogP contribution in [-0.4, -0.2) is 30.0 Å². The number of hydrogen-bond donors (Lipinski definition) is 2. The molecule has 26 heavy (non-hydrogen) atoms. The van der Waals surface area contributed by atoms with E-state index in [1.165, 1.54) is 12.1 Å². The number of hydrogen-bond acceptors (Lipinski definition) is 6. The van der Waals surface area contributed by atoms with Gasteiger partial charge in [-0.05, 0) is 36.2 Å². The molecule has 0 aliphatic heterocycles. The maximum absolute atomic E-state index is 11.9. The molecule has 0 unspecified atom stereocenters. The lowest BCUT2D eigenvalue weighted by Crippen LogP contribution is -2.30. The molecule has 1 amide bonds. The molecule has 0 radical (unpaired) electrons. The molecule has 0 atom stereocenters. The van der Waals surface area contributed by atoms with E-state index in [0.717, 1.165) is 11.6 Å². The van der Waals surface area contributed by atoms with Crippen molar-refractivity contribution in [2.75, 3.05) is 18.9 Å². The van der Waals surface area contributed by atoms with E-state index in [9.17, 15) is 19.7 Å². The SMILES string of the molecule is Nc1ccc(C(=O)OCC(=O)NCCc2ccc(Cl)cc2)cc1[N+](=O)[O-]. The summed E-state index contributed by atoms with van der Waals surface area (Å²) in [5.74, 6) is -1.32. The molecule has 0 aliphatic rings. The summed E-state index contributed by atoms with van der Waals surface area (Å²) in [6.45, 7) is -0.122. The van der Waals surface area contributed by atoms with Gasteiger partial charge in [0.15, 0.2) is 6.61 Å². The Balaban J connectivity index is 1.79. The molecule has 2 rings (SSSR count). The van der Waals surface area contributed by atoms with E-state index in [1.807, 2.05) is 12.1 Å². The van der Waals surface area contributed by atoms with Gasteiger partial charge in [-0.25, -0.2) is 4.79 Å². The molecule has 0 fully saturated rings. The molecule has 0 spiro atoms. The van der Waals surface area contributed by atoms with Gasteiger partial charge in [0.05, 0.1) is 10.5 Å². The highest BCUT2D eigenvalue weighted by Gasteiger charge is 2.17. The third-order valence-corrected chi connectivity index (χ3v) is 3.70. The Kier molecular flexibility index (Phi) is 6.51. The number of ether oxygens (including phenoxy) is 1. The fraction of sp³-hybridized carbons (Fsp3) is 0.176. The van der Waals surface area contributed by atoms with Crippen molar-refractivity contribution in [3.63, 3.8) is 0 Å². The lowest BCUT2D eigenvalue weighted by atomic mass is 10.1. The van der Waals surface area contributed by atoms with Crippen molar-refractivity contribution >= 4 is 34.9 Å². The summed E-state index contributed by atoms with van der Waals surface area (Å²) in [7, 11) is 0. The highest BCUT2D eigenvalue weighted by atomic mass is 35.5. The van der Waals surface area contributed by atoms with Crippen molar-refractivity contribution in [3.05, 3.63) is 68.7 Å². The van der Waals surface area contributed by atoms with Gasteiger partial charge in [-0.15, -0.1) is 0 Å². The predicted molar refractivity (Wildman–Crippen MR) is 96.0 cm³/mol. The monoisotopic (exact) mass is 377 g/mol. The Morgan fingerprint density at radius 2 is 1.88 bits per heavy atom. The molecule has 0 saturated heterocycles. The first-order valence-corrected chi connectivity index (χ1v) is 7.97. The zero-order valence-electron chi connectivity index (χ0n) is 13.6. The summed E-state index contributed by atoms with van der Waals surface area (Å²) in [5, 5.41) is 14.1. The second-order valence-electron chi connectivity index (χ2n) is 5.33. The van der Waals surface area contributed by atoms with Crippen LogP contribution in [-0.2, 0) is 16.0 Å². The third-order valence-electron chi connectivity index (χ3n) is 3.45. The topological polar surface area (TPSA) is 125 Å². The maximum Gasteiger partial charge on any atom is 0.338 e. The molecule has 8 nitrogen and oxygen atoms in total. The standard InChI is InChI=1S/C17H16ClN3O5/c18-13-4-1-11(2-5-13)7-8-20-16(22)10-26-17(23)12-3-6-14(19)15(9-12)21(24)25/h1-6,9H,7-8,10,19H2,(H,20,22). The van der Waals surface area contributed by atoms with E-state index >= 15 is 0 Å². The van der Waals surface area contributed by atoms with Gasteiger partial charge in [0, 0.05) is 17.6 Å². The van der Waals surface area contributed by atoms with Gasteiger partial charge >= 0.3 is 5.97 Å². The number of amides is 1. The number of carbonyl (C=O) groups excluding carboxylic acids is 2. The minimum atomic E-state index is -0.846. The smallest absolute Gasteiger partial charge is 0.338 e. The summed E-state index contributed by atoms with van der Waals surface area (Å²) in [5.41, 5.74) is 5.94. The molecule has 2 aromatic carbocycles. The molecular weight excluding hydrogens is 362 g/mol. The third kappa shape index (κ3) is 5.45. The van der Waals surface area contributed by atoms with Crippen molar-refractivity contribution in [2.24, 2.45) is 0 Å². The first-order valence-electron chi connectivity index (χ1n) is 7.59. The number of nitro benzene ring substituents is 1. The number of anilines is 1. The first kappa shape index (κ1) is 19.2. The van der Waals surface area contributed by atoms with Gasteiger partial charge in [0.1, 0.15) is 5.69 Å².